The second kappa shape index (κ2) is 8.60. The lowest BCUT2D eigenvalue weighted by Gasteiger charge is -2.23. The second-order valence-electron chi connectivity index (χ2n) is 6.52. The predicted molar refractivity (Wildman–Crippen MR) is 98.8 cm³/mol. The van der Waals surface area contributed by atoms with Gasteiger partial charge in [0.2, 0.25) is 10.0 Å². The van der Waals surface area contributed by atoms with E-state index in [2.05, 4.69) is 4.74 Å². The zero-order chi connectivity index (χ0) is 21.9. The van der Waals surface area contributed by atoms with Gasteiger partial charge in [-0.05, 0) is 30.7 Å². The summed E-state index contributed by atoms with van der Waals surface area (Å²) in [5.41, 5.74) is -0.127. The molecule has 0 radical (unpaired) electrons. The van der Waals surface area contributed by atoms with E-state index in [9.17, 15) is 30.8 Å². The van der Waals surface area contributed by atoms with Gasteiger partial charge in [0.05, 0.1) is 5.56 Å². The molecule has 1 saturated heterocycles. The maximum atomic E-state index is 13.9. The van der Waals surface area contributed by atoms with E-state index in [4.69, 9.17) is 0 Å². The van der Waals surface area contributed by atoms with Crippen molar-refractivity contribution in [2.24, 2.45) is 0 Å². The van der Waals surface area contributed by atoms with Crippen LogP contribution in [0, 0.1) is 5.82 Å². The molecule has 0 spiro atoms. The van der Waals surface area contributed by atoms with Crippen LogP contribution in [0.15, 0.2) is 53.4 Å². The van der Waals surface area contributed by atoms with Crippen molar-refractivity contribution in [1.29, 1.82) is 0 Å². The van der Waals surface area contributed by atoms with E-state index in [0.29, 0.717) is 0 Å². The van der Waals surface area contributed by atoms with E-state index in [-0.39, 0.29) is 38.2 Å². The van der Waals surface area contributed by atoms with Crippen molar-refractivity contribution < 1.29 is 35.5 Å². The number of amides is 1. The quantitative estimate of drug-likeness (QED) is 0.677. The first kappa shape index (κ1) is 22.0. The third kappa shape index (κ3) is 4.90. The number of hydrogen-bond acceptors (Lipinski definition) is 4. The number of halogens is 4. The normalized spacial score (nSPS) is 16.2. The first-order valence-electron chi connectivity index (χ1n) is 8.98. The third-order valence-corrected chi connectivity index (χ3v) is 6.48. The minimum Gasteiger partial charge on any atom is -0.404 e. The number of alkyl halides is 3. The number of nitrogens with zero attached hydrogens (tertiary/aromatic N) is 2. The first-order valence-corrected chi connectivity index (χ1v) is 10.4. The fraction of sp³-hybridized carbons (Fsp3) is 0.316. The number of rotatable bonds is 4. The summed E-state index contributed by atoms with van der Waals surface area (Å²) in [4.78, 5) is 13.3. The molecule has 3 rings (SSSR count). The highest BCUT2D eigenvalue weighted by atomic mass is 32.2. The predicted octanol–water partition coefficient (Wildman–Crippen LogP) is 3.26. The maximum Gasteiger partial charge on any atom is 0.573 e. The summed E-state index contributed by atoms with van der Waals surface area (Å²) in [6.07, 6.45) is -4.81. The van der Waals surface area contributed by atoms with Gasteiger partial charge in [-0.15, -0.1) is 13.2 Å². The van der Waals surface area contributed by atoms with Gasteiger partial charge in [0, 0.05) is 26.2 Å². The van der Waals surface area contributed by atoms with E-state index in [1.807, 2.05) is 0 Å². The van der Waals surface area contributed by atoms with Crippen LogP contribution < -0.4 is 4.74 Å². The molecular weight excluding hydrogens is 428 g/mol. The van der Waals surface area contributed by atoms with Crippen molar-refractivity contribution in [2.45, 2.75) is 17.7 Å². The molecule has 1 amide bonds. The van der Waals surface area contributed by atoms with E-state index in [0.717, 1.165) is 22.5 Å². The van der Waals surface area contributed by atoms with Crippen LogP contribution in [0.3, 0.4) is 0 Å². The van der Waals surface area contributed by atoms with E-state index in [1.54, 1.807) is 0 Å². The summed E-state index contributed by atoms with van der Waals surface area (Å²) in [5.74, 6) is -2.09. The second-order valence-corrected chi connectivity index (χ2v) is 8.43. The standard InChI is InChI=1S/C19H18F4N2O4S/c20-15-7-2-1-6-14(15)18(26)24-10-5-11-25(13-12-24)30(27,28)17-9-4-3-8-16(17)29-19(21,22)23/h1-4,6-9H,5,10-13H2. The third-order valence-electron chi connectivity index (χ3n) is 4.54. The first-order chi connectivity index (χ1) is 14.1. The van der Waals surface area contributed by atoms with Crippen molar-refractivity contribution in [1.82, 2.24) is 9.21 Å². The molecule has 0 unspecified atom stereocenters. The molecule has 2 aromatic rings. The Morgan fingerprint density at radius 2 is 1.60 bits per heavy atom. The number of hydrogen-bond donors (Lipinski definition) is 0. The highest BCUT2D eigenvalue weighted by molar-refractivity contribution is 7.89. The highest BCUT2D eigenvalue weighted by Crippen LogP contribution is 2.31. The molecule has 0 aromatic heterocycles. The van der Waals surface area contributed by atoms with Crippen LogP contribution in [0.1, 0.15) is 16.8 Å². The van der Waals surface area contributed by atoms with Gasteiger partial charge in [0.25, 0.3) is 5.91 Å². The molecule has 0 saturated carbocycles. The van der Waals surface area contributed by atoms with Crippen LogP contribution in [0.25, 0.3) is 0 Å². The fourth-order valence-electron chi connectivity index (χ4n) is 3.15. The number of ether oxygens (including phenoxy) is 1. The number of para-hydroxylation sites is 1. The minimum atomic E-state index is -5.05. The summed E-state index contributed by atoms with van der Waals surface area (Å²) in [6, 6.07) is 9.93. The lowest BCUT2D eigenvalue weighted by molar-refractivity contribution is -0.275. The Balaban J connectivity index is 1.80. The molecule has 30 heavy (non-hydrogen) atoms. The van der Waals surface area contributed by atoms with Gasteiger partial charge in [-0.3, -0.25) is 4.79 Å². The van der Waals surface area contributed by atoms with Gasteiger partial charge in [-0.1, -0.05) is 24.3 Å². The molecule has 2 aromatic carbocycles. The maximum absolute atomic E-state index is 13.9. The monoisotopic (exact) mass is 446 g/mol. The number of sulfonamides is 1. The van der Waals surface area contributed by atoms with E-state index >= 15 is 0 Å². The van der Waals surface area contributed by atoms with Crippen LogP contribution in [-0.4, -0.2) is 56.1 Å². The Morgan fingerprint density at radius 1 is 0.933 bits per heavy atom. The Hall–Kier alpha value is -2.66. The Morgan fingerprint density at radius 3 is 2.30 bits per heavy atom. The molecule has 1 heterocycles. The molecule has 11 heteroatoms. The average molecular weight is 446 g/mol. The largest absolute Gasteiger partial charge is 0.573 e. The van der Waals surface area contributed by atoms with Crippen LogP contribution in [0.2, 0.25) is 0 Å². The van der Waals surface area contributed by atoms with Gasteiger partial charge in [-0.25, -0.2) is 12.8 Å². The molecule has 0 atom stereocenters. The van der Waals surface area contributed by atoms with Crippen LogP contribution >= 0.6 is 0 Å². The Bertz CT molecular complexity index is 1030. The zero-order valence-corrected chi connectivity index (χ0v) is 16.4. The van der Waals surface area contributed by atoms with E-state index in [1.165, 1.54) is 35.2 Å². The molecule has 1 aliphatic rings. The Labute approximate surface area is 170 Å². The minimum absolute atomic E-state index is 0.0102. The van der Waals surface area contributed by atoms with Gasteiger partial charge < -0.3 is 9.64 Å². The summed E-state index contributed by atoms with van der Waals surface area (Å²) >= 11 is 0. The van der Waals surface area contributed by atoms with Gasteiger partial charge in [0.1, 0.15) is 16.5 Å². The smallest absolute Gasteiger partial charge is 0.404 e. The molecule has 0 N–H and O–H groups in total. The van der Waals surface area contributed by atoms with Crippen molar-refractivity contribution in [3.63, 3.8) is 0 Å². The van der Waals surface area contributed by atoms with E-state index < -0.39 is 38.8 Å². The molecule has 1 aliphatic heterocycles. The lowest BCUT2D eigenvalue weighted by Crippen LogP contribution is -2.37. The zero-order valence-electron chi connectivity index (χ0n) is 15.6. The molecule has 0 aliphatic carbocycles. The number of carbonyl (C=O) groups excluding carboxylic acids is 1. The summed E-state index contributed by atoms with van der Waals surface area (Å²) in [6.45, 7) is -0.0127. The highest BCUT2D eigenvalue weighted by Gasteiger charge is 2.36. The van der Waals surface area contributed by atoms with Gasteiger partial charge in [-0.2, -0.15) is 4.31 Å². The fourth-order valence-corrected chi connectivity index (χ4v) is 4.74. The molecule has 162 valence electrons. The van der Waals surface area contributed by atoms with Crippen LogP contribution in [0.5, 0.6) is 5.75 Å². The molecule has 6 nitrogen and oxygen atoms in total. The summed E-state index contributed by atoms with van der Waals surface area (Å²) < 4.78 is 82.6. The lowest BCUT2D eigenvalue weighted by atomic mass is 10.2. The molecule has 1 fully saturated rings. The van der Waals surface area contributed by atoms with Crippen molar-refractivity contribution in [3.8, 4) is 5.75 Å². The molecular formula is C19H18F4N2O4S. The number of benzene rings is 2. The van der Waals surface area contributed by atoms with Gasteiger partial charge in [0.15, 0.2) is 0 Å². The summed E-state index contributed by atoms with van der Waals surface area (Å²) in [5, 5.41) is 0. The van der Waals surface area contributed by atoms with Gasteiger partial charge >= 0.3 is 6.36 Å². The van der Waals surface area contributed by atoms with Crippen LogP contribution in [-0.2, 0) is 10.0 Å². The van der Waals surface area contributed by atoms with Crippen molar-refractivity contribution >= 4 is 15.9 Å². The SMILES string of the molecule is O=C(c1ccccc1F)N1CCCN(S(=O)(=O)c2ccccc2OC(F)(F)F)CC1. The topological polar surface area (TPSA) is 66.9 Å². The average Bonchev–Trinajstić information content (AvgIpc) is 2.94. The molecule has 0 bridgehead atoms. The van der Waals surface area contributed by atoms with Crippen molar-refractivity contribution in [2.75, 3.05) is 26.2 Å². The van der Waals surface area contributed by atoms with Crippen LogP contribution in [0.4, 0.5) is 17.6 Å². The van der Waals surface area contributed by atoms with Crippen molar-refractivity contribution in [3.05, 3.63) is 59.9 Å². The number of carbonyl (C=O) groups is 1. The summed E-state index contributed by atoms with van der Waals surface area (Å²) in [7, 11) is -4.31. The Kier molecular flexibility index (Phi) is 6.32.